The molecule has 0 amide bonds. The first-order valence-corrected chi connectivity index (χ1v) is 10.5. The molecule has 1 aliphatic carbocycles. The predicted octanol–water partition coefficient (Wildman–Crippen LogP) is 3.18. The van der Waals surface area contributed by atoms with Gasteiger partial charge in [0.2, 0.25) is 0 Å². The van der Waals surface area contributed by atoms with Crippen LogP contribution in [0.4, 0.5) is 0 Å². The van der Waals surface area contributed by atoms with Gasteiger partial charge in [0.15, 0.2) is 6.29 Å². The van der Waals surface area contributed by atoms with Gasteiger partial charge in [0.25, 0.3) is 0 Å². The summed E-state index contributed by atoms with van der Waals surface area (Å²) < 4.78 is 21.9. The van der Waals surface area contributed by atoms with Gasteiger partial charge >= 0.3 is 11.9 Å². The van der Waals surface area contributed by atoms with Gasteiger partial charge in [0.1, 0.15) is 12.4 Å². The summed E-state index contributed by atoms with van der Waals surface area (Å²) in [4.78, 5) is 34.5. The summed E-state index contributed by atoms with van der Waals surface area (Å²) in [5.74, 6) is -0.829. The van der Waals surface area contributed by atoms with Crippen LogP contribution in [-0.2, 0) is 33.3 Å². The molecular weight excluding hydrogens is 364 g/mol. The Bertz CT molecular complexity index is 501. The fourth-order valence-corrected chi connectivity index (χ4v) is 4.26. The van der Waals surface area contributed by atoms with Gasteiger partial charge in [-0.3, -0.25) is 9.59 Å². The molecule has 2 unspecified atom stereocenters. The molecule has 2 aliphatic rings. The molecule has 0 aromatic rings. The summed E-state index contributed by atoms with van der Waals surface area (Å²) in [5, 5.41) is 0. The van der Waals surface area contributed by atoms with Gasteiger partial charge in [-0.15, -0.1) is 0 Å². The Morgan fingerprint density at radius 3 is 2.54 bits per heavy atom. The van der Waals surface area contributed by atoms with Gasteiger partial charge < -0.3 is 23.7 Å². The Morgan fingerprint density at radius 1 is 1.11 bits per heavy atom. The zero-order chi connectivity index (χ0) is 20.4. The maximum absolute atomic E-state index is 11.8. The number of methoxy groups -OCH3 is 1. The molecule has 0 N–H and O–H groups in total. The highest BCUT2D eigenvalue weighted by Gasteiger charge is 2.46. The standard InChI is InChI=1S/C21H34O7/c1-15(23)27-18-13-19(28-21-11-7-8-12-26-21)17(14-22)16(18)9-5-3-4-6-10-20(24)25-2/h14,16-19,21H,3-13H2,1-2H3/t16?,17-,18+,19-,21?/m1/s1. The smallest absolute Gasteiger partial charge is 0.305 e. The van der Waals surface area contributed by atoms with E-state index in [1.807, 2.05) is 0 Å². The second-order valence-electron chi connectivity index (χ2n) is 7.76. The van der Waals surface area contributed by atoms with E-state index in [1.54, 1.807) is 0 Å². The van der Waals surface area contributed by atoms with Crippen LogP contribution in [0.15, 0.2) is 0 Å². The minimum atomic E-state index is -0.327. The van der Waals surface area contributed by atoms with E-state index in [1.165, 1.54) is 14.0 Å². The van der Waals surface area contributed by atoms with Crippen molar-refractivity contribution in [1.82, 2.24) is 0 Å². The third-order valence-corrected chi connectivity index (χ3v) is 5.70. The third-order valence-electron chi connectivity index (χ3n) is 5.70. The van der Waals surface area contributed by atoms with E-state index in [2.05, 4.69) is 4.74 Å². The van der Waals surface area contributed by atoms with Crippen LogP contribution in [-0.4, -0.2) is 50.4 Å². The van der Waals surface area contributed by atoms with E-state index < -0.39 is 0 Å². The fraction of sp³-hybridized carbons (Fsp3) is 0.857. The van der Waals surface area contributed by atoms with Gasteiger partial charge in [0.05, 0.1) is 13.2 Å². The van der Waals surface area contributed by atoms with E-state index in [-0.39, 0.29) is 42.3 Å². The molecule has 7 nitrogen and oxygen atoms in total. The summed E-state index contributed by atoms with van der Waals surface area (Å²) in [5.41, 5.74) is 0. The minimum Gasteiger partial charge on any atom is -0.469 e. The maximum atomic E-state index is 11.8. The molecule has 28 heavy (non-hydrogen) atoms. The van der Waals surface area contributed by atoms with Crippen LogP contribution in [0.25, 0.3) is 0 Å². The lowest BCUT2D eigenvalue weighted by molar-refractivity contribution is -0.195. The van der Waals surface area contributed by atoms with Crippen molar-refractivity contribution in [1.29, 1.82) is 0 Å². The second-order valence-corrected chi connectivity index (χ2v) is 7.76. The summed E-state index contributed by atoms with van der Waals surface area (Å²) in [6, 6.07) is 0. The molecule has 0 bridgehead atoms. The number of hydrogen-bond donors (Lipinski definition) is 0. The Hall–Kier alpha value is -1.47. The molecule has 160 valence electrons. The SMILES string of the molecule is COC(=O)CCCCCCC1[C@@H](OC(C)=O)C[C@@H](OC2CCCCO2)[C@@H]1C=O. The molecule has 5 atom stereocenters. The Labute approximate surface area is 167 Å². The normalized spacial score (nSPS) is 30.0. The molecule has 0 spiro atoms. The van der Waals surface area contributed by atoms with Crippen molar-refractivity contribution in [3.8, 4) is 0 Å². The van der Waals surface area contributed by atoms with E-state index in [0.29, 0.717) is 19.4 Å². The number of esters is 2. The van der Waals surface area contributed by atoms with Crippen molar-refractivity contribution in [2.45, 2.75) is 89.6 Å². The molecule has 1 saturated carbocycles. The van der Waals surface area contributed by atoms with Crippen molar-refractivity contribution >= 4 is 18.2 Å². The molecule has 1 heterocycles. The number of ether oxygens (including phenoxy) is 4. The van der Waals surface area contributed by atoms with E-state index in [9.17, 15) is 14.4 Å². The number of rotatable bonds is 11. The van der Waals surface area contributed by atoms with E-state index in [4.69, 9.17) is 14.2 Å². The fourth-order valence-electron chi connectivity index (χ4n) is 4.26. The van der Waals surface area contributed by atoms with Crippen molar-refractivity contribution in [2.24, 2.45) is 11.8 Å². The summed E-state index contributed by atoms with van der Waals surface area (Å²) in [6.45, 7) is 2.09. The number of unbranched alkanes of at least 4 members (excludes halogenated alkanes) is 3. The van der Waals surface area contributed by atoms with Crippen LogP contribution in [0.5, 0.6) is 0 Å². The lowest BCUT2D eigenvalue weighted by atomic mass is 9.89. The van der Waals surface area contributed by atoms with Gasteiger partial charge in [-0.2, -0.15) is 0 Å². The Balaban J connectivity index is 1.85. The summed E-state index contributed by atoms with van der Waals surface area (Å²) in [6.07, 6.45) is 8.44. The molecule has 2 fully saturated rings. The van der Waals surface area contributed by atoms with Crippen LogP contribution >= 0.6 is 0 Å². The number of aldehydes is 1. The number of carbonyl (C=O) groups excluding carboxylic acids is 3. The Morgan fingerprint density at radius 2 is 1.89 bits per heavy atom. The average molecular weight is 398 g/mol. The topological polar surface area (TPSA) is 88.1 Å². The quantitative estimate of drug-likeness (QED) is 0.300. The summed E-state index contributed by atoms with van der Waals surface area (Å²) in [7, 11) is 1.40. The van der Waals surface area contributed by atoms with E-state index in [0.717, 1.165) is 57.7 Å². The molecule has 7 heteroatoms. The molecule has 2 rings (SSSR count). The summed E-state index contributed by atoms with van der Waals surface area (Å²) >= 11 is 0. The van der Waals surface area contributed by atoms with Gasteiger partial charge in [-0.05, 0) is 32.1 Å². The van der Waals surface area contributed by atoms with Crippen LogP contribution in [0.2, 0.25) is 0 Å². The molecular formula is C21H34O7. The van der Waals surface area contributed by atoms with Gasteiger partial charge in [-0.1, -0.05) is 19.3 Å². The number of carbonyl (C=O) groups is 3. The molecule has 0 radical (unpaired) electrons. The van der Waals surface area contributed by atoms with Crippen molar-refractivity contribution in [3.63, 3.8) is 0 Å². The lowest BCUT2D eigenvalue weighted by Gasteiger charge is -2.28. The van der Waals surface area contributed by atoms with Crippen LogP contribution in [0.3, 0.4) is 0 Å². The highest BCUT2D eigenvalue weighted by molar-refractivity contribution is 5.69. The average Bonchev–Trinajstić information content (AvgIpc) is 3.00. The highest BCUT2D eigenvalue weighted by atomic mass is 16.7. The zero-order valence-electron chi connectivity index (χ0n) is 17.1. The first-order valence-electron chi connectivity index (χ1n) is 10.5. The molecule has 1 aliphatic heterocycles. The Kier molecular flexibility index (Phi) is 9.92. The number of hydrogen-bond acceptors (Lipinski definition) is 7. The molecule has 1 saturated heterocycles. The minimum absolute atomic E-state index is 0.0319. The highest BCUT2D eigenvalue weighted by Crippen LogP contribution is 2.39. The van der Waals surface area contributed by atoms with Crippen molar-refractivity contribution in [3.05, 3.63) is 0 Å². The maximum Gasteiger partial charge on any atom is 0.305 e. The second kappa shape index (κ2) is 12.2. The van der Waals surface area contributed by atoms with Gasteiger partial charge in [0, 0.05) is 38.2 Å². The molecule has 0 aromatic heterocycles. The zero-order valence-corrected chi connectivity index (χ0v) is 17.1. The lowest BCUT2D eigenvalue weighted by Crippen LogP contribution is -2.32. The van der Waals surface area contributed by atoms with Gasteiger partial charge in [-0.25, -0.2) is 0 Å². The molecule has 0 aromatic carbocycles. The van der Waals surface area contributed by atoms with Crippen LogP contribution < -0.4 is 0 Å². The van der Waals surface area contributed by atoms with E-state index >= 15 is 0 Å². The first-order chi connectivity index (χ1) is 13.5. The van der Waals surface area contributed by atoms with Crippen molar-refractivity contribution in [2.75, 3.05) is 13.7 Å². The van der Waals surface area contributed by atoms with Crippen LogP contribution in [0, 0.1) is 11.8 Å². The third kappa shape index (κ3) is 7.17. The van der Waals surface area contributed by atoms with Crippen molar-refractivity contribution < 1.29 is 33.3 Å². The largest absolute Gasteiger partial charge is 0.469 e. The van der Waals surface area contributed by atoms with Crippen LogP contribution in [0.1, 0.15) is 71.1 Å². The monoisotopic (exact) mass is 398 g/mol. The predicted molar refractivity (Wildman–Crippen MR) is 101 cm³/mol. The first kappa shape index (κ1) is 22.8.